The summed E-state index contributed by atoms with van der Waals surface area (Å²) in [6.45, 7) is 11.9. The van der Waals surface area contributed by atoms with Crippen LogP contribution in [0, 0.1) is 27.7 Å². The highest BCUT2D eigenvalue weighted by Gasteiger charge is 2.41. The maximum atomic E-state index is 5.80. The van der Waals surface area contributed by atoms with Crippen molar-refractivity contribution in [3.63, 3.8) is 0 Å². The lowest BCUT2D eigenvalue weighted by atomic mass is 9.96. The number of rotatable bonds is 6. The number of hydrogen-bond donors (Lipinski definition) is 1. The van der Waals surface area contributed by atoms with Gasteiger partial charge in [0.2, 0.25) is 0 Å². The molecule has 4 nitrogen and oxygen atoms in total. The number of hydrogen-bond acceptors (Lipinski definition) is 2. The van der Waals surface area contributed by atoms with Gasteiger partial charge < -0.3 is 14.8 Å². The van der Waals surface area contributed by atoms with Gasteiger partial charge in [0.25, 0.3) is 0 Å². The van der Waals surface area contributed by atoms with Gasteiger partial charge in [0, 0.05) is 29.8 Å². The molecule has 1 aromatic carbocycles. The highest BCUT2D eigenvalue weighted by Crippen LogP contribution is 2.41. The lowest BCUT2D eigenvalue weighted by Crippen LogP contribution is -2.30. The second-order valence-corrected chi connectivity index (χ2v) is 9.07. The minimum absolute atomic E-state index is 0.0405. The molecule has 0 aliphatic carbocycles. The fourth-order valence-corrected chi connectivity index (χ4v) is 5.21. The standard InChI is InChI=1S/C26H32N4S/c1-6-7-12-29-25(24(28-26(29)31)23-10-8-9-11-27-23)22-16-19(4)30(20(22)5)21-14-17(2)13-18(3)15-21/h8-11,13-16,24-25H,6-7,12H2,1-5H3,(H,28,31)/t24-,25+/m0/s1. The number of aromatic nitrogens is 2. The van der Waals surface area contributed by atoms with E-state index in [0.29, 0.717) is 0 Å². The molecular weight excluding hydrogens is 400 g/mol. The highest BCUT2D eigenvalue weighted by molar-refractivity contribution is 7.80. The van der Waals surface area contributed by atoms with Gasteiger partial charge in [0.05, 0.1) is 17.8 Å². The van der Waals surface area contributed by atoms with Crippen molar-refractivity contribution in [3.05, 3.63) is 82.4 Å². The molecule has 1 saturated heterocycles. The summed E-state index contributed by atoms with van der Waals surface area (Å²) in [6, 6.07) is 15.4. The predicted molar refractivity (Wildman–Crippen MR) is 132 cm³/mol. The number of thiocarbonyl (C=S) groups is 1. The molecule has 0 saturated carbocycles. The lowest BCUT2D eigenvalue weighted by Gasteiger charge is -2.28. The summed E-state index contributed by atoms with van der Waals surface area (Å²) in [5, 5.41) is 4.40. The van der Waals surface area contributed by atoms with Gasteiger partial charge in [-0.1, -0.05) is 25.5 Å². The van der Waals surface area contributed by atoms with Gasteiger partial charge >= 0.3 is 0 Å². The Balaban J connectivity index is 1.83. The summed E-state index contributed by atoms with van der Waals surface area (Å²) >= 11 is 5.80. The molecule has 2 aromatic heterocycles. The van der Waals surface area contributed by atoms with Gasteiger partial charge in [-0.05, 0) is 93.4 Å². The molecule has 1 fully saturated rings. The molecule has 4 rings (SSSR count). The summed E-state index contributed by atoms with van der Waals surface area (Å²) < 4.78 is 2.38. The largest absolute Gasteiger partial charge is 0.352 e. The van der Waals surface area contributed by atoms with Crippen LogP contribution in [0.15, 0.2) is 48.7 Å². The SMILES string of the molecule is CCCCN1C(=S)N[C@@H](c2ccccn2)[C@H]1c1cc(C)n(-c2cc(C)cc(C)c2)c1C. The van der Waals surface area contributed by atoms with Crippen LogP contribution in [0.4, 0.5) is 0 Å². The van der Waals surface area contributed by atoms with Crippen molar-refractivity contribution in [1.29, 1.82) is 0 Å². The van der Waals surface area contributed by atoms with Crippen molar-refractivity contribution in [3.8, 4) is 5.69 Å². The smallest absolute Gasteiger partial charge is 0.170 e. The Bertz CT molecular complexity index is 1070. The minimum atomic E-state index is 0.0405. The van der Waals surface area contributed by atoms with E-state index in [1.807, 2.05) is 12.3 Å². The fourth-order valence-electron chi connectivity index (χ4n) is 4.88. The molecule has 0 spiro atoms. The molecule has 1 aliphatic heterocycles. The average Bonchev–Trinajstić information content (AvgIpc) is 3.21. The minimum Gasteiger partial charge on any atom is -0.352 e. The molecule has 0 bridgehead atoms. The zero-order valence-electron chi connectivity index (χ0n) is 19.1. The van der Waals surface area contributed by atoms with E-state index in [2.05, 4.69) is 90.8 Å². The molecule has 0 amide bonds. The van der Waals surface area contributed by atoms with Gasteiger partial charge in [0.15, 0.2) is 5.11 Å². The maximum absolute atomic E-state index is 5.80. The molecule has 0 radical (unpaired) electrons. The first-order valence-electron chi connectivity index (χ1n) is 11.2. The monoisotopic (exact) mass is 432 g/mol. The first-order chi connectivity index (χ1) is 14.9. The van der Waals surface area contributed by atoms with Crippen LogP contribution in [0.2, 0.25) is 0 Å². The first kappa shape index (κ1) is 21.6. The molecule has 31 heavy (non-hydrogen) atoms. The second kappa shape index (κ2) is 8.83. The van der Waals surface area contributed by atoms with Gasteiger partial charge in [0.1, 0.15) is 0 Å². The predicted octanol–water partition coefficient (Wildman–Crippen LogP) is 5.88. The zero-order valence-corrected chi connectivity index (χ0v) is 20.0. The van der Waals surface area contributed by atoms with Crippen LogP contribution < -0.4 is 5.32 Å². The molecule has 2 atom stereocenters. The molecule has 3 heterocycles. The van der Waals surface area contributed by atoms with Crippen LogP contribution in [-0.2, 0) is 0 Å². The van der Waals surface area contributed by atoms with Gasteiger partial charge in [-0.25, -0.2) is 0 Å². The van der Waals surface area contributed by atoms with E-state index in [9.17, 15) is 0 Å². The number of nitrogens with one attached hydrogen (secondary N) is 1. The Kier molecular flexibility index (Phi) is 6.15. The number of unbranched alkanes of at least 4 members (excludes halogenated alkanes) is 1. The molecule has 1 aliphatic rings. The summed E-state index contributed by atoms with van der Waals surface area (Å²) in [4.78, 5) is 7.04. The van der Waals surface area contributed by atoms with Gasteiger partial charge in [-0.3, -0.25) is 4.98 Å². The van der Waals surface area contributed by atoms with E-state index < -0.39 is 0 Å². The van der Waals surface area contributed by atoms with E-state index >= 15 is 0 Å². The number of aryl methyl sites for hydroxylation is 3. The maximum Gasteiger partial charge on any atom is 0.170 e. The third-order valence-corrected chi connectivity index (χ3v) is 6.56. The van der Waals surface area contributed by atoms with E-state index in [0.717, 1.165) is 30.2 Å². The molecular formula is C26H32N4S. The summed E-state index contributed by atoms with van der Waals surface area (Å²) in [6.07, 6.45) is 4.12. The number of benzene rings is 1. The first-order valence-corrected chi connectivity index (χ1v) is 11.6. The van der Waals surface area contributed by atoms with E-state index in [1.165, 1.54) is 33.8 Å². The third-order valence-electron chi connectivity index (χ3n) is 6.20. The molecule has 1 N–H and O–H groups in total. The quantitative estimate of drug-likeness (QED) is 0.493. The molecule has 3 aromatic rings. The zero-order chi connectivity index (χ0) is 22.1. The topological polar surface area (TPSA) is 33.1 Å². The van der Waals surface area contributed by atoms with Crippen LogP contribution in [0.3, 0.4) is 0 Å². The van der Waals surface area contributed by atoms with Crippen molar-refractivity contribution in [1.82, 2.24) is 19.8 Å². The summed E-state index contributed by atoms with van der Waals surface area (Å²) in [5.74, 6) is 0. The average molecular weight is 433 g/mol. The van der Waals surface area contributed by atoms with Crippen LogP contribution in [0.25, 0.3) is 5.69 Å². The van der Waals surface area contributed by atoms with Gasteiger partial charge in [-0.2, -0.15) is 0 Å². The molecule has 0 unspecified atom stereocenters. The van der Waals surface area contributed by atoms with Crippen LogP contribution >= 0.6 is 12.2 Å². The van der Waals surface area contributed by atoms with Gasteiger partial charge in [-0.15, -0.1) is 0 Å². The number of pyridine rings is 1. The van der Waals surface area contributed by atoms with Crippen LogP contribution in [0.1, 0.15) is 65.6 Å². The normalized spacial score (nSPS) is 18.5. The van der Waals surface area contributed by atoms with E-state index in [4.69, 9.17) is 12.2 Å². The van der Waals surface area contributed by atoms with Crippen molar-refractivity contribution in [2.24, 2.45) is 0 Å². The number of nitrogens with zero attached hydrogens (tertiary/aromatic N) is 3. The Morgan fingerprint density at radius 1 is 1.03 bits per heavy atom. The lowest BCUT2D eigenvalue weighted by molar-refractivity contribution is 0.312. The van der Waals surface area contributed by atoms with Crippen molar-refractivity contribution < 1.29 is 0 Å². The third kappa shape index (κ3) is 4.11. The summed E-state index contributed by atoms with van der Waals surface area (Å²) in [7, 11) is 0. The Morgan fingerprint density at radius 3 is 2.42 bits per heavy atom. The highest BCUT2D eigenvalue weighted by atomic mass is 32.1. The molecule has 5 heteroatoms. The fraction of sp³-hybridized carbons (Fsp3) is 0.385. The van der Waals surface area contributed by atoms with Crippen molar-refractivity contribution in [2.45, 2.75) is 59.5 Å². The van der Waals surface area contributed by atoms with Crippen LogP contribution in [-0.4, -0.2) is 26.1 Å². The van der Waals surface area contributed by atoms with Crippen molar-refractivity contribution in [2.75, 3.05) is 6.54 Å². The Hall–Kier alpha value is -2.66. The summed E-state index contributed by atoms with van der Waals surface area (Å²) in [5.41, 5.74) is 8.64. The van der Waals surface area contributed by atoms with E-state index in [1.54, 1.807) is 0 Å². The second-order valence-electron chi connectivity index (χ2n) is 8.68. The Labute approximate surface area is 191 Å². The van der Waals surface area contributed by atoms with Crippen molar-refractivity contribution >= 4 is 17.3 Å². The van der Waals surface area contributed by atoms with E-state index in [-0.39, 0.29) is 12.1 Å². The Morgan fingerprint density at radius 2 is 1.77 bits per heavy atom. The van der Waals surface area contributed by atoms with Crippen LogP contribution in [0.5, 0.6) is 0 Å². The molecule has 162 valence electrons.